The van der Waals surface area contributed by atoms with E-state index < -0.39 is 5.41 Å². The highest BCUT2D eigenvalue weighted by atomic mass is 35.5. The number of aromatic hydroxyl groups is 1. The van der Waals surface area contributed by atoms with Crippen LogP contribution in [-0.4, -0.2) is 5.11 Å². The molecule has 0 amide bonds. The Kier molecular flexibility index (Phi) is 7.87. The van der Waals surface area contributed by atoms with E-state index in [1.54, 1.807) is 12.1 Å². The molecule has 0 radical (unpaired) electrons. The number of rotatable bonds is 9. The quantitative estimate of drug-likeness (QED) is 0.250. The molecule has 2 heteroatoms. The van der Waals surface area contributed by atoms with Crippen LogP contribution < -0.4 is 0 Å². The number of halogens is 1. The zero-order chi connectivity index (χ0) is 24.1. The predicted octanol–water partition coefficient (Wildman–Crippen LogP) is 9.10. The largest absolute Gasteiger partial charge is 0.508 e. The van der Waals surface area contributed by atoms with Crippen LogP contribution in [0.2, 0.25) is 5.02 Å². The minimum absolute atomic E-state index is 0.232. The Bertz CT molecular complexity index is 1090. The Balaban J connectivity index is 2.06. The number of phenolic OH excluding ortho intramolecular Hbond substituents is 1. The number of hydrogen-bond donors (Lipinski definition) is 1. The molecule has 0 saturated heterocycles. The van der Waals surface area contributed by atoms with Crippen molar-refractivity contribution in [3.05, 3.63) is 125 Å². The Morgan fingerprint density at radius 1 is 0.727 bits per heavy atom. The molecule has 1 nitrogen and oxygen atoms in total. The van der Waals surface area contributed by atoms with Crippen LogP contribution in [0.15, 0.2) is 103 Å². The van der Waals surface area contributed by atoms with Gasteiger partial charge in [-0.3, -0.25) is 0 Å². The van der Waals surface area contributed by atoms with E-state index in [-0.39, 0.29) is 11.2 Å². The van der Waals surface area contributed by atoms with Gasteiger partial charge in [-0.15, -0.1) is 0 Å². The highest BCUT2D eigenvalue weighted by Gasteiger charge is 2.38. The van der Waals surface area contributed by atoms with Crippen LogP contribution in [0.1, 0.15) is 63.1 Å². The van der Waals surface area contributed by atoms with Crippen molar-refractivity contribution in [2.45, 2.75) is 51.9 Å². The van der Waals surface area contributed by atoms with Crippen molar-refractivity contribution in [1.29, 1.82) is 0 Å². The Hall–Kier alpha value is -2.77. The van der Waals surface area contributed by atoms with Crippen LogP contribution in [-0.2, 0) is 5.41 Å². The van der Waals surface area contributed by atoms with Crippen molar-refractivity contribution < 1.29 is 5.11 Å². The lowest BCUT2D eigenvalue weighted by atomic mass is 9.65. The molecule has 1 unspecified atom stereocenters. The van der Waals surface area contributed by atoms with Crippen LogP contribution in [0, 0.1) is 5.41 Å². The molecule has 0 heterocycles. The molecule has 3 rings (SSSR count). The summed E-state index contributed by atoms with van der Waals surface area (Å²) in [5, 5.41) is 10.7. The Morgan fingerprint density at radius 2 is 1.24 bits per heavy atom. The minimum atomic E-state index is -0.518. The summed E-state index contributed by atoms with van der Waals surface area (Å²) in [5.41, 5.74) is 5.40. The fourth-order valence-corrected chi connectivity index (χ4v) is 5.01. The lowest BCUT2D eigenvalue weighted by Crippen LogP contribution is -2.30. The molecule has 33 heavy (non-hydrogen) atoms. The first-order chi connectivity index (χ1) is 15.6. The molecule has 0 aliphatic carbocycles. The second-order valence-electron chi connectivity index (χ2n) is 10.2. The van der Waals surface area contributed by atoms with Gasteiger partial charge in [0.25, 0.3) is 0 Å². The SMILES string of the molecule is C=C(CCC(=C)CC(c1ccccc1)(c1ccc(O)cc1)c1ccccc1Cl)CC(C)(C)C. The van der Waals surface area contributed by atoms with Gasteiger partial charge in [-0.25, -0.2) is 0 Å². The average Bonchev–Trinajstić information content (AvgIpc) is 2.77. The first kappa shape index (κ1) is 24.9. The number of hydrogen-bond acceptors (Lipinski definition) is 1. The second kappa shape index (κ2) is 10.4. The highest BCUT2D eigenvalue weighted by molar-refractivity contribution is 6.31. The summed E-state index contributed by atoms with van der Waals surface area (Å²) >= 11 is 6.83. The molecule has 0 aliphatic rings. The molecular weight excluding hydrogens is 424 g/mol. The van der Waals surface area contributed by atoms with E-state index in [0.29, 0.717) is 6.42 Å². The topological polar surface area (TPSA) is 20.2 Å². The smallest absolute Gasteiger partial charge is 0.115 e. The standard InChI is InChI=1S/C31H35ClO/c1-23(21-30(3,4)5)15-16-24(2)22-31(25-11-7-6-8-12-25,26-17-19-27(33)20-18-26)28-13-9-10-14-29(28)32/h6-14,17-20,33H,1-2,15-16,21-22H2,3-5H3. The van der Waals surface area contributed by atoms with Crippen molar-refractivity contribution in [2.75, 3.05) is 0 Å². The van der Waals surface area contributed by atoms with Crippen molar-refractivity contribution in [3.63, 3.8) is 0 Å². The Labute approximate surface area is 204 Å². The molecule has 0 saturated carbocycles. The minimum Gasteiger partial charge on any atom is -0.508 e. The monoisotopic (exact) mass is 458 g/mol. The lowest BCUT2D eigenvalue weighted by molar-refractivity contribution is 0.404. The summed E-state index contributed by atoms with van der Waals surface area (Å²) in [4.78, 5) is 0. The van der Waals surface area contributed by atoms with Crippen LogP contribution in [0.5, 0.6) is 5.75 Å². The molecular formula is C31H35ClO. The molecule has 3 aromatic rings. The average molecular weight is 459 g/mol. The van der Waals surface area contributed by atoms with Gasteiger partial charge in [0.15, 0.2) is 0 Å². The van der Waals surface area contributed by atoms with Gasteiger partial charge in [-0.1, -0.05) is 117 Å². The van der Waals surface area contributed by atoms with Gasteiger partial charge in [-0.2, -0.15) is 0 Å². The van der Waals surface area contributed by atoms with E-state index in [9.17, 15) is 5.11 Å². The Morgan fingerprint density at radius 3 is 1.82 bits per heavy atom. The number of phenols is 1. The van der Waals surface area contributed by atoms with E-state index >= 15 is 0 Å². The zero-order valence-electron chi connectivity index (χ0n) is 20.1. The third kappa shape index (κ3) is 6.18. The molecule has 0 aliphatic heterocycles. The van der Waals surface area contributed by atoms with E-state index in [1.165, 1.54) is 5.57 Å². The molecule has 0 spiro atoms. The van der Waals surface area contributed by atoms with Gasteiger partial charge >= 0.3 is 0 Å². The molecule has 1 N–H and O–H groups in total. The summed E-state index contributed by atoms with van der Waals surface area (Å²) in [5.74, 6) is 0.247. The maximum Gasteiger partial charge on any atom is 0.115 e. The van der Waals surface area contributed by atoms with Crippen molar-refractivity contribution >= 4 is 11.6 Å². The van der Waals surface area contributed by atoms with E-state index in [2.05, 4.69) is 64.3 Å². The van der Waals surface area contributed by atoms with Gasteiger partial charge in [0.1, 0.15) is 5.75 Å². The van der Waals surface area contributed by atoms with E-state index in [0.717, 1.165) is 46.5 Å². The maximum absolute atomic E-state index is 9.98. The van der Waals surface area contributed by atoms with Gasteiger partial charge in [0.05, 0.1) is 5.41 Å². The van der Waals surface area contributed by atoms with Crippen LogP contribution in [0.4, 0.5) is 0 Å². The summed E-state index contributed by atoms with van der Waals surface area (Å²) < 4.78 is 0. The third-order valence-electron chi connectivity index (χ3n) is 6.09. The first-order valence-corrected chi connectivity index (χ1v) is 11.9. The van der Waals surface area contributed by atoms with E-state index in [1.807, 2.05) is 36.4 Å². The fourth-order valence-electron chi connectivity index (χ4n) is 4.71. The van der Waals surface area contributed by atoms with Crippen LogP contribution in [0.25, 0.3) is 0 Å². The van der Waals surface area contributed by atoms with E-state index in [4.69, 9.17) is 11.6 Å². The summed E-state index contributed by atoms with van der Waals surface area (Å²) in [6.45, 7) is 15.6. The number of benzene rings is 3. The number of allylic oxidation sites excluding steroid dienone is 2. The molecule has 0 bridgehead atoms. The third-order valence-corrected chi connectivity index (χ3v) is 6.42. The molecule has 0 fully saturated rings. The zero-order valence-corrected chi connectivity index (χ0v) is 20.8. The molecule has 1 atom stereocenters. The molecule has 0 aromatic heterocycles. The summed E-state index contributed by atoms with van der Waals surface area (Å²) in [7, 11) is 0. The summed E-state index contributed by atoms with van der Waals surface area (Å²) in [6, 6.07) is 26.0. The summed E-state index contributed by atoms with van der Waals surface area (Å²) in [6.07, 6.45) is 3.53. The van der Waals surface area contributed by atoms with Gasteiger partial charge in [0, 0.05) is 5.02 Å². The van der Waals surface area contributed by atoms with Gasteiger partial charge in [-0.05, 0) is 66.0 Å². The lowest BCUT2D eigenvalue weighted by Gasteiger charge is -2.37. The second-order valence-corrected chi connectivity index (χ2v) is 10.6. The highest BCUT2D eigenvalue weighted by Crippen LogP contribution is 2.47. The fraction of sp³-hybridized carbons (Fsp3) is 0.290. The van der Waals surface area contributed by atoms with Gasteiger partial charge in [0.2, 0.25) is 0 Å². The van der Waals surface area contributed by atoms with Crippen LogP contribution >= 0.6 is 11.6 Å². The van der Waals surface area contributed by atoms with Crippen molar-refractivity contribution in [1.82, 2.24) is 0 Å². The van der Waals surface area contributed by atoms with Crippen LogP contribution in [0.3, 0.4) is 0 Å². The molecule has 3 aromatic carbocycles. The normalized spacial score (nSPS) is 13.3. The van der Waals surface area contributed by atoms with Crippen molar-refractivity contribution in [2.24, 2.45) is 5.41 Å². The predicted molar refractivity (Wildman–Crippen MR) is 142 cm³/mol. The maximum atomic E-state index is 9.98. The van der Waals surface area contributed by atoms with Crippen molar-refractivity contribution in [3.8, 4) is 5.75 Å². The molecule has 172 valence electrons. The van der Waals surface area contributed by atoms with Gasteiger partial charge < -0.3 is 5.11 Å². The first-order valence-electron chi connectivity index (χ1n) is 11.6.